The third kappa shape index (κ3) is 6.75. The zero-order chi connectivity index (χ0) is 24.8. The van der Waals surface area contributed by atoms with Gasteiger partial charge in [-0.15, -0.1) is 0 Å². The van der Waals surface area contributed by atoms with Gasteiger partial charge in [-0.2, -0.15) is 0 Å². The Hall–Kier alpha value is -3.54. The largest absolute Gasteiger partial charge is 0.490 e. The van der Waals surface area contributed by atoms with E-state index in [1.807, 2.05) is 48.5 Å². The fourth-order valence-electron chi connectivity index (χ4n) is 4.29. The molecule has 1 fully saturated rings. The van der Waals surface area contributed by atoms with Crippen LogP contribution in [-0.4, -0.2) is 17.1 Å². The summed E-state index contributed by atoms with van der Waals surface area (Å²) in [6.07, 6.45) is 6.54. The van der Waals surface area contributed by atoms with E-state index in [0.29, 0.717) is 23.0 Å². The lowest BCUT2D eigenvalue weighted by atomic mass is 9.86. The molecule has 1 heterocycles. The zero-order valence-corrected chi connectivity index (χ0v) is 21.0. The Morgan fingerprint density at radius 3 is 2.34 bits per heavy atom. The van der Waals surface area contributed by atoms with E-state index in [0.717, 1.165) is 30.1 Å². The molecule has 2 N–H and O–H groups in total. The Kier molecular flexibility index (Phi) is 7.59. The second-order valence-electron chi connectivity index (χ2n) is 10.3. The van der Waals surface area contributed by atoms with Crippen LogP contribution in [0.15, 0.2) is 66.9 Å². The predicted octanol–water partition coefficient (Wildman–Crippen LogP) is 7.77. The SMILES string of the molecule is CC1CCC(Oc2ccc(NC(=O)Nc3cccnc3Oc3ccccc3C(C)(C)C)cc2)CC1. The molecule has 2 aromatic carbocycles. The quantitative estimate of drug-likeness (QED) is 0.383. The molecular formula is C29H35N3O3. The van der Waals surface area contributed by atoms with Crippen LogP contribution < -0.4 is 20.1 Å². The van der Waals surface area contributed by atoms with Crippen LogP contribution in [0.25, 0.3) is 0 Å². The highest BCUT2D eigenvalue weighted by Crippen LogP contribution is 2.35. The van der Waals surface area contributed by atoms with Gasteiger partial charge in [0.25, 0.3) is 0 Å². The molecule has 0 saturated heterocycles. The Balaban J connectivity index is 1.38. The number of pyridine rings is 1. The van der Waals surface area contributed by atoms with Crippen LogP contribution >= 0.6 is 0 Å². The van der Waals surface area contributed by atoms with E-state index in [9.17, 15) is 4.79 Å². The number of carbonyl (C=O) groups excluding carboxylic acids is 1. The first-order chi connectivity index (χ1) is 16.8. The lowest BCUT2D eigenvalue weighted by Crippen LogP contribution is -2.23. The van der Waals surface area contributed by atoms with Gasteiger partial charge in [0.1, 0.15) is 17.2 Å². The smallest absolute Gasteiger partial charge is 0.323 e. The number of anilines is 2. The molecule has 1 saturated carbocycles. The standard InChI is InChI=1S/C29H35N3O3/c1-20-11-15-22(16-12-20)34-23-17-13-21(14-18-23)31-28(33)32-25-9-7-19-30-27(25)35-26-10-6-5-8-24(26)29(2,3)4/h5-10,13-14,17-20,22H,11-12,15-16H2,1-4H3,(H2,31,32,33). The van der Waals surface area contributed by atoms with Crippen molar-refractivity contribution < 1.29 is 14.3 Å². The number of nitrogens with one attached hydrogen (secondary N) is 2. The van der Waals surface area contributed by atoms with Gasteiger partial charge in [-0.1, -0.05) is 45.9 Å². The van der Waals surface area contributed by atoms with Crippen molar-refractivity contribution >= 4 is 17.4 Å². The molecule has 0 spiro atoms. The topological polar surface area (TPSA) is 72.5 Å². The molecule has 1 aliphatic rings. The number of amides is 2. The van der Waals surface area contributed by atoms with Gasteiger partial charge in [-0.05, 0) is 79.5 Å². The molecule has 2 amide bonds. The zero-order valence-electron chi connectivity index (χ0n) is 21.0. The minimum absolute atomic E-state index is 0.0956. The Morgan fingerprint density at radius 2 is 1.63 bits per heavy atom. The number of hydrogen-bond donors (Lipinski definition) is 2. The number of aromatic nitrogens is 1. The van der Waals surface area contributed by atoms with Gasteiger partial charge in [-0.3, -0.25) is 0 Å². The molecule has 0 atom stereocenters. The van der Waals surface area contributed by atoms with Crippen LogP contribution in [0.2, 0.25) is 0 Å². The second-order valence-corrected chi connectivity index (χ2v) is 10.3. The lowest BCUT2D eigenvalue weighted by molar-refractivity contribution is 0.135. The molecule has 35 heavy (non-hydrogen) atoms. The Labute approximate surface area is 208 Å². The fourth-order valence-corrected chi connectivity index (χ4v) is 4.29. The number of para-hydroxylation sites is 1. The molecule has 0 aliphatic heterocycles. The van der Waals surface area contributed by atoms with Gasteiger partial charge in [-0.25, -0.2) is 9.78 Å². The summed E-state index contributed by atoms with van der Waals surface area (Å²) in [5.41, 5.74) is 2.13. The average molecular weight is 474 g/mol. The number of rotatable bonds is 6. The highest BCUT2D eigenvalue weighted by molar-refractivity contribution is 6.00. The molecule has 184 valence electrons. The minimum atomic E-state index is -0.373. The van der Waals surface area contributed by atoms with Crippen LogP contribution in [0.4, 0.5) is 16.2 Å². The summed E-state index contributed by atoms with van der Waals surface area (Å²) in [4.78, 5) is 17.1. The first kappa shape index (κ1) is 24.6. The van der Waals surface area contributed by atoms with Crippen LogP contribution in [0, 0.1) is 5.92 Å². The number of carbonyl (C=O) groups is 1. The first-order valence-corrected chi connectivity index (χ1v) is 12.3. The number of hydrogen-bond acceptors (Lipinski definition) is 4. The van der Waals surface area contributed by atoms with E-state index in [2.05, 4.69) is 43.3 Å². The fraction of sp³-hybridized carbons (Fsp3) is 0.379. The maximum Gasteiger partial charge on any atom is 0.323 e. The van der Waals surface area contributed by atoms with Crippen molar-refractivity contribution in [2.75, 3.05) is 10.6 Å². The first-order valence-electron chi connectivity index (χ1n) is 12.3. The molecule has 1 aliphatic carbocycles. The number of urea groups is 1. The monoisotopic (exact) mass is 473 g/mol. The van der Waals surface area contributed by atoms with Gasteiger partial charge in [0.15, 0.2) is 0 Å². The van der Waals surface area contributed by atoms with Crippen LogP contribution in [0.1, 0.15) is 58.9 Å². The Bertz CT molecular complexity index is 1130. The summed E-state index contributed by atoms with van der Waals surface area (Å²) < 4.78 is 12.3. The van der Waals surface area contributed by atoms with Crippen molar-refractivity contribution in [1.29, 1.82) is 0 Å². The van der Waals surface area contributed by atoms with Crippen LogP contribution in [0.3, 0.4) is 0 Å². The van der Waals surface area contributed by atoms with Crippen molar-refractivity contribution in [2.45, 2.75) is 64.9 Å². The van der Waals surface area contributed by atoms with E-state index < -0.39 is 0 Å². The summed E-state index contributed by atoms with van der Waals surface area (Å²) in [6.45, 7) is 8.69. The van der Waals surface area contributed by atoms with Crippen molar-refractivity contribution in [3.63, 3.8) is 0 Å². The van der Waals surface area contributed by atoms with E-state index in [4.69, 9.17) is 9.47 Å². The normalized spacial score (nSPS) is 17.9. The highest BCUT2D eigenvalue weighted by atomic mass is 16.5. The van der Waals surface area contributed by atoms with Crippen LogP contribution in [0.5, 0.6) is 17.4 Å². The van der Waals surface area contributed by atoms with Crippen molar-refractivity contribution in [3.8, 4) is 17.4 Å². The Morgan fingerprint density at radius 1 is 0.914 bits per heavy atom. The van der Waals surface area contributed by atoms with E-state index in [1.165, 1.54) is 12.8 Å². The summed E-state index contributed by atoms with van der Waals surface area (Å²) in [5, 5.41) is 5.72. The summed E-state index contributed by atoms with van der Waals surface area (Å²) in [7, 11) is 0. The van der Waals surface area contributed by atoms with Crippen molar-refractivity contribution in [3.05, 3.63) is 72.4 Å². The van der Waals surface area contributed by atoms with Crippen molar-refractivity contribution in [2.24, 2.45) is 5.92 Å². The molecule has 3 aromatic rings. The maximum absolute atomic E-state index is 12.7. The third-order valence-corrected chi connectivity index (χ3v) is 6.30. The van der Waals surface area contributed by atoms with Gasteiger partial charge in [0.2, 0.25) is 5.88 Å². The van der Waals surface area contributed by atoms with Gasteiger partial charge in [0, 0.05) is 17.4 Å². The maximum atomic E-state index is 12.7. The highest BCUT2D eigenvalue weighted by Gasteiger charge is 2.21. The van der Waals surface area contributed by atoms with E-state index >= 15 is 0 Å². The van der Waals surface area contributed by atoms with Gasteiger partial charge < -0.3 is 20.1 Å². The molecule has 0 bridgehead atoms. The summed E-state index contributed by atoms with van der Waals surface area (Å²) >= 11 is 0. The molecule has 0 radical (unpaired) electrons. The second kappa shape index (κ2) is 10.8. The minimum Gasteiger partial charge on any atom is -0.490 e. The van der Waals surface area contributed by atoms with Gasteiger partial charge in [0.05, 0.1) is 6.10 Å². The molecule has 6 heteroatoms. The molecule has 0 unspecified atom stereocenters. The lowest BCUT2D eigenvalue weighted by Gasteiger charge is -2.26. The predicted molar refractivity (Wildman–Crippen MR) is 141 cm³/mol. The van der Waals surface area contributed by atoms with E-state index in [-0.39, 0.29) is 17.6 Å². The molecule has 4 rings (SSSR count). The van der Waals surface area contributed by atoms with Crippen LogP contribution in [-0.2, 0) is 5.41 Å². The van der Waals surface area contributed by atoms with Gasteiger partial charge >= 0.3 is 6.03 Å². The molecule has 6 nitrogen and oxygen atoms in total. The summed E-state index contributed by atoms with van der Waals surface area (Å²) in [6, 6.07) is 18.5. The molecule has 1 aromatic heterocycles. The van der Waals surface area contributed by atoms with E-state index in [1.54, 1.807) is 18.3 Å². The number of nitrogens with zero attached hydrogens (tertiary/aromatic N) is 1. The van der Waals surface area contributed by atoms with Crippen molar-refractivity contribution in [1.82, 2.24) is 4.98 Å². The molecular weight excluding hydrogens is 438 g/mol. The number of benzene rings is 2. The average Bonchev–Trinajstić information content (AvgIpc) is 2.83. The third-order valence-electron chi connectivity index (χ3n) is 6.30. The number of ether oxygens (including phenoxy) is 2. The summed E-state index contributed by atoms with van der Waals surface area (Å²) in [5.74, 6) is 2.67.